The van der Waals surface area contributed by atoms with Crippen LogP contribution in [0.4, 0.5) is 0 Å². The molecule has 0 spiro atoms. The van der Waals surface area contributed by atoms with E-state index in [1.165, 1.54) is 38.5 Å². The molecule has 9 rings (SSSR count). The molecule has 0 unspecified atom stereocenters. The largest absolute Gasteiger partial charge is 0.0683 e. The summed E-state index contributed by atoms with van der Waals surface area (Å²) in [5.74, 6) is 0. The van der Waals surface area contributed by atoms with E-state index in [1.807, 2.05) is 411 Å². The summed E-state index contributed by atoms with van der Waals surface area (Å²) in [5, 5.41) is 0. The molecule has 84 heavy (non-hydrogen) atoms. The molecule has 0 amide bonds. The Labute approximate surface area is 529 Å². The summed E-state index contributed by atoms with van der Waals surface area (Å²) < 4.78 is 0. The lowest BCUT2D eigenvalue weighted by molar-refractivity contribution is 1.09. The Kier molecular flexibility index (Phi) is 191. The molecule has 9 aromatic carbocycles. The summed E-state index contributed by atoms with van der Waals surface area (Å²) in [6.45, 7) is 49.5. The van der Waals surface area contributed by atoms with Crippen LogP contribution in [0.5, 0.6) is 0 Å². The van der Waals surface area contributed by atoms with Crippen LogP contribution < -0.4 is 0 Å². The van der Waals surface area contributed by atoms with Gasteiger partial charge < -0.3 is 0 Å². The van der Waals surface area contributed by atoms with Crippen molar-refractivity contribution in [2.75, 3.05) is 0 Å². The van der Waals surface area contributed by atoms with Crippen molar-refractivity contribution in [1.82, 2.24) is 0 Å². The van der Waals surface area contributed by atoms with Gasteiger partial charge in [-0.25, -0.2) is 0 Å². The second-order valence-corrected chi connectivity index (χ2v) is 14.6. The van der Waals surface area contributed by atoms with Gasteiger partial charge in [-0.3, -0.25) is 0 Å². The van der Waals surface area contributed by atoms with Crippen molar-refractivity contribution in [3.63, 3.8) is 0 Å². The van der Waals surface area contributed by atoms with Crippen molar-refractivity contribution >= 4 is 0 Å². The van der Waals surface area contributed by atoms with E-state index in [2.05, 4.69) is 83.1 Å². The molecule has 0 radical (unpaired) electrons. The molecule has 0 bridgehead atoms. The van der Waals surface area contributed by atoms with E-state index < -0.39 is 0 Å². The number of hydrogen-bond acceptors (Lipinski definition) is 0. The Morgan fingerprint density at radius 2 is 0.0952 bits per heavy atom. The summed E-state index contributed by atoms with van der Waals surface area (Å²) in [6, 6.07) is 108. The zero-order valence-corrected chi connectivity index (χ0v) is 59.4. The van der Waals surface area contributed by atoms with Crippen LogP contribution in [0, 0.1) is 0 Å². The van der Waals surface area contributed by atoms with Crippen molar-refractivity contribution < 1.29 is 0 Å². The normalized spacial score (nSPS) is 6.86. The molecule has 0 aromatic heterocycles. The summed E-state index contributed by atoms with van der Waals surface area (Å²) >= 11 is 0. The fourth-order valence-electron chi connectivity index (χ4n) is 3.46. The van der Waals surface area contributed by atoms with Crippen molar-refractivity contribution in [2.24, 2.45) is 0 Å². The van der Waals surface area contributed by atoms with Gasteiger partial charge >= 0.3 is 0 Å². The van der Waals surface area contributed by atoms with Crippen LogP contribution >= 0.6 is 0 Å². The van der Waals surface area contributed by atoms with Crippen molar-refractivity contribution in [3.8, 4) is 0 Å². The van der Waals surface area contributed by atoms with Crippen LogP contribution in [-0.4, -0.2) is 0 Å². The first-order valence-electron chi connectivity index (χ1n) is 32.5. The maximum atomic E-state index is 2.12. The first kappa shape index (κ1) is 105. The average molecular weight is 1150 g/mol. The highest BCUT2D eigenvalue weighted by Gasteiger charge is 1.63. The Morgan fingerprint density at radius 1 is 0.0833 bits per heavy atom. The monoisotopic (exact) mass is 1150 g/mol. The molecule has 0 heteroatoms. The SMILES string of the molecule is CC.CC.CC.CC.CC.CC.CCC.CCC.CCC.CCC.CCC.CCC.c1ccccc1.c1ccccc1.c1ccccc1.c1ccccc1.c1ccccc1.c1ccccc1.c1ccccc1.c1ccccc1.c1ccccc1. The smallest absolute Gasteiger partial charge is 0.0590 e. The topological polar surface area (TPSA) is 0 Å². The lowest BCUT2D eigenvalue weighted by Crippen LogP contribution is -1.47. The highest BCUT2D eigenvalue weighted by Crippen LogP contribution is 1.85. The van der Waals surface area contributed by atoms with Crippen LogP contribution in [-0.2, 0) is 0 Å². The van der Waals surface area contributed by atoms with E-state index in [1.54, 1.807) is 0 Å². The van der Waals surface area contributed by atoms with Gasteiger partial charge in [-0.2, -0.15) is 0 Å². The van der Waals surface area contributed by atoms with E-state index >= 15 is 0 Å². The minimum atomic E-state index is 1.25. The van der Waals surface area contributed by atoms with Crippen molar-refractivity contribution in [2.45, 2.75) is 205 Å². The molecule has 9 aromatic rings. The molecule has 0 saturated heterocycles. The van der Waals surface area contributed by atoms with Crippen LogP contribution in [0.2, 0.25) is 0 Å². The molecule has 0 nitrogen and oxygen atoms in total. The molecular formula is C84H138. The predicted molar refractivity (Wildman–Crippen MR) is 402 cm³/mol. The third kappa shape index (κ3) is 186. The molecular weight excluding hydrogens is 1010 g/mol. The predicted octanol–water partition coefficient (Wildman–Crippen LogP) is 29.8. The van der Waals surface area contributed by atoms with Gasteiger partial charge in [0.15, 0.2) is 0 Å². The molecule has 0 aliphatic carbocycles. The van der Waals surface area contributed by atoms with E-state index in [4.69, 9.17) is 0 Å². The fourth-order valence-corrected chi connectivity index (χ4v) is 3.46. The summed E-state index contributed by atoms with van der Waals surface area (Å²) in [7, 11) is 0. The number of rotatable bonds is 0. The number of hydrogen-bond donors (Lipinski definition) is 0. The maximum Gasteiger partial charge on any atom is -0.0590 e. The summed E-state index contributed by atoms with van der Waals surface area (Å²) in [6.07, 6.45) is 7.50. The fraction of sp³-hybridized carbons (Fsp3) is 0.357. The van der Waals surface area contributed by atoms with Gasteiger partial charge in [0.05, 0.1) is 0 Å². The molecule has 0 N–H and O–H groups in total. The molecule has 0 atom stereocenters. The van der Waals surface area contributed by atoms with Gasteiger partial charge in [-0.05, 0) is 0 Å². The zero-order chi connectivity index (χ0) is 66.4. The molecule has 0 aliphatic heterocycles. The highest BCUT2D eigenvalue weighted by molar-refractivity contribution is 5.04. The molecule has 0 heterocycles. The maximum absolute atomic E-state index is 2.12. The lowest BCUT2D eigenvalue weighted by Gasteiger charge is -1.69. The second-order valence-electron chi connectivity index (χ2n) is 14.6. The van der Waals surface area contributed by atoms with E-state index in [0.717, 1.165) is 0 Å². The number of benzene rings is 9. The lowest BCUT2D eigenvalue weighted by atomic mass is 10.4. The first-order chi connectivity index (χ1) is 41.5. The van der Waals surface area contributed by atoms with Gasteiger partial charge in [0.1, 0.15) is 0 Å². The van der Waals surface area contributed by atoms with Gasteiger partial charge in [0, 0.05) is 0 Å². The quantitative estimate of drug-likeness (QED) is 0.142. The third-order valence-electron chi connectivity index (χ3n) is 6.00. The van der Waals surface area contributed by atoms with Gasteiger partial charge in [0.25, 0.3) is 0 Å². The summed E-state index contributed by atoms with van der Waals surface area (Å²) in [4.78, 5) is 0. The molecule has 0 fully saturated rings. The second kappa shape index (κ2) is 152. The molecule has 0 aliphatic rings. The highest BCUT2D eigenvalue weighted by atomic mass is 13.7. The van der Waals surface area contributed by atoms with Crippen LogP contribution in [0.3, 0.4) is 0 Å². The van der Waals surface area contributed by atoms with Crippen molar-refractivity contribution in [3.05, 3.63) is 328 Å². The average Bonchev–Trinajstić information content (AvgIpc) is 3.61. The summed E-state index contributed by atoms with van der Waals surface area (Å²) in [5.41, 5.74) is 0. The Hall–Kier alpha value is -7.02. The third-order valence-corrected chi connectivity index (χ3v) is 6.00. The van der Waals surface area contributed by atoms with Gasteiger partial charge in [0.2, 0.25) is 0 Å². The van der Waals surface area contributed by atoms with E-state index in [9.17, 15) is 0 Å². The Morgan fingerprint density at radius 3 is 0.107 bits per heavy atom. The van der Waals surface area contributed by atoms with E-state index in [-0.39, 0.29) is 0 Å². The zero-order valence-electron chi connectivity index (χ0n) is 59.4. The van der Waals surface area contributed by atoms with E-state index in [0.29, 0.717) is 0 Å². The van der Waals surface area contributed by atoms with Gasteiger partial charge in [-0.1, -0.05) is 532 Å². The standard InChI is InChI=1S/9C6H6.6C3H8.6C2H6/c9*1-2-4-6-5-3-1;6*1-3-2;6*1-2/h9*1-6H;6*3H2,1-2H3;6*1-2H3. The minimum absolute atomic E-state index is 1.25. The molecule has 0 saturated carbocycles. The van der Waals surface area contributed by atoms with Crippen LogP contribution in [0.1, 0.15) is 205 Å². The van der Waals surface area contributed by atoms with Crippen LogP contribution in [0.25, 0.3) is 0 Å². The minimum Gasteiger partial charge on any atom is -0.0683 e. The Bertz CT molecular complexity index is 1180. The molecule has 474 valence electrons. The van der Waals surface area contributed by atoms with Crippen LogP contribution in [0.15, 0.2) is 328 Å². The van der Waals surface area contributed by atoms with Crippen molar-refractivity contribution in [1.29, 1.82) is 0 Å². The van der Waals surface area contributed by atoms with Gasteiger partial charge in [-0.15, -0.1) is 0 Å². The first-order valence-corrected chi connectivity index (χ1v) is 32.5. The Balaban J connectivity index is -0.0000000658.